The van der Waals surface area contributed by atoms with E-state index in [4.69, 9.17) is 9.47 Å². The highest BCUT2D eigenvalue weighted by Crippen LogP contribution is 2.24. The van der Waals surface area contributed by atoms with E-state index in [0.717, 1.165) is 29.1 Å². The second-order valence-electron chi connectivity index (χ2n) is 7.00. The van der Waals surface area contributed by atoms with Crippen LogP contribution in [0.15, 0.2) is 59.5 Å². The first-order valence-corrected chi connectivity index (χ1v) is 11.5. The predicted octanol–water partition coefficient (Wildman–Crippen LogP) is 4.16. The topological polar surface area (TPSA) is 74.6 Å². The molecule has 0 saturated heterocycles. The van der Waals surface area contributed by atoms with Crippen molar-refractivity contribution in [2.45, 2.75) is 25.7 Å². The third-order valence-corrected chi connectivity index (χ3v) is 5.89. The molecule has 0 atom stereocenters. The van der Waals surface area contributed by atoms with Crippen LogP contribution in [0.1, 0.15) is 28.7 Å². The van der Waals surface area contributed by atoms with Crippen molar-refractivity contribution in [1.82, 2.24) is 4.57 Å². The Morgan fingerprint density at radius 2 is 1.50 bits per heavy atom. The second kappa shape index (κ2) is 8.75. The number of hydrogen-bond acceptors (Lipinski definition) is 5. The molecular weight excluding hydrogens is 402 g/mol. The van der Waals surface area contributed by atoms with E-state index >= 15 is 0 Å². The van der Waals surface area contributed by atoms with Crippen LogP contribution >= 0.6 is 0 Å². The molecule has 0 aliphatic heterocycles. The number of aryl methyl sites for hydroxylation is 1. The number of carbonyl (C=O) groups is 1. The van der Waals surface area contributed by atoms with Crippen LogP contribution in [-0.4, -0.2) is 38.2 Å². The van der Waals surface area contributed by atoms with Gasteiger partial charge >= 0.3 is 0 Å². The molecule has 1 heterocycles. The zero-order valence-electron chi connectivity index (χ0n) is 17.5. The summed E-state index contributed by atoms with van der Waals surface area (Å²) in [6.45, 7) is 6.26. The fraction of sp³-hybridized carbons (Fsp3) is 0.261. The number of nitrogens with zero attached hydrogens (tertiary/aromatic N) is 1. The Labute approximate surface area is 177 Å². The minimum atomic E-state index is -3.27. The van der Waals surface area contributed by atoms with Crippen LogP contribution in [0, 0.1) is 13.8 Å². The molecule has 158 valence electrons. The zero-order valence-corrected chi connectivity index (χ0v) is 18.3. The van der Waals surface area contributed by atoms with Gasteiger partial charge in [-0.05, 0) is 75.4 Å². The van der Waals surface area contributed by atoms with E-state index in [-0.39, 0.29) is 17.3 Å². The van der Waals surface area contributed by atoms with Crippen molar-refractivity contribution in [2.24, 2.45) is 0 Å². The highest BCUT2D eigenvalue weighted by Gasteiger charge is 2.17. The van der Waals surface area contributed by atoms with Crippen molar-refractivity contribution in [1.29, 1.82) is 0 Å². The Kier molecular flexibility index (Phi) is 6.31. The molecule has 6 nitrogen and oxygen atoms in total. The summed E-state index contributed by atoms with van der Waals surface area (Å²) in [6, 6.07) is 15.6. The Balaban J connectivity index is 1.75. The molecule has 3 rings (SSSR count). The first-order valence-electron chi connectivity index (χ1n) is 9.59. The third kappa shape index (κ3) is 4.74. The van der Waals surface area contributed by atoms with Crippen LogP contribution in [0.4, 0.5) is 0 Å². The van der Waals surface area contributed by atoms with Gasteiger partial charge in [-0.3, -0.25) is 4.79 Å². The number of rotatable bonds is 8. The maximum atomic E-state index is 12.7. The summed E-state index contributed by atoms with van der Waals surface area (Å²) in [4.78, 5) is 13.0. The van der Waals surface area contributed by atoms with Crippen LogP contribution in [0.3, 0.4) is 0 Å². The molecule has 0 aliphatic rings. The normalized spacial score (nSPS) is 11.3. The molecule has 7 heteroatoms. The highest BCUT2D eigenvalue weighted by atomic mass is 32.2. The lowest BCUT2D eigenvalue weighted by Crippen LogP contribution is -2.13. The monoisotopic (exact) mass is 427 g/mol. The lowest BCUT2D eigenvalue weighted by Gasteiger charge is -2.11. The summed E-state index contributed by atoms with van der Waals surface area (Å²) < 4.78 is 36.1. The zero-order chi connectivity index (χ0) is 21.9. The molecule has 0 amide bonds. The van der Waals surface area contributed by atoms with Crippen LogP contribution in [-0.2, 0) is 9.84 Å². The largest absolute Gasteiger partial charge is 0.494 e. The second-order valence-corrected chi connectivity index (χ2v) is 9.02. The van der Waals surface area contributed by atoms with Gasteiger partial charge in [-0.2, -0.15) is 0 Å². The molecule has 0 aliphatic carbocycles. The molecule has 0 spiro atoms. The van der Waals surface area contributed by atoms with Crippen molar-refractivity contribution >= 4 is 15.6 Å². The maximum absolute atomic E-state index is 12.7. The minimum Gasteiger partial charge on any atom is -0.494 e. The van der Waals surface area contributed by atoms with Gasteiger partial charge in [0, 0.05) is 28.9 Å². The first-order chi connectivity index (χ1) is 14.2. The number of ether oxygens (including phenoxy) is 2. The summed E-state index contributed by atoms with van der Waals surface area (Å²) in [5, 5.41) is 0. The number of sulfone groups is 1. The Bertz CT molecular complexity index is 1140. The minimum absolute atomic E-state index is 0.133. The van der Waals surface area contributed by atoms with Crippen LogP contribution in [0.5, 0.6) is 11.5 Å². The molecule has 0 radical (unpaired) electrons. The van der Waals surface area contributed by atoms with Gasteiger partial charge in [-0.15, -0.1) is 0 Å². The average molecular weight is 428 g/mol. The maximum Gasteiger partial charge on any atom is 0.202 e. The first kappa shape index (κ1) is 21.6. The van der Waals surface area contributed by atoms with Crippen molar-refractivity contribution in [2.75, 3.05) is 19.5 Å². The molecule has 0 saturated carbocycles. The Morgan fingerprint density at radius 1 is 0.933 bits per heavy atom. The lowest BCUT2D eigenvalue weighted by molar-refractivity contribution is 0.0921. The van der Waals surface area contributed by atoms with Crippen molar-refractivity contribution in [3.05, 3.63) is 71.5 Å². The lowest BCUT2D eigenvalue weighted by atomic mass is 10.1. The van der Waals surface area contributed by atoms with Gasteiger partial charge in [0.15, 0.2) is 16.4 Å². The molecule has 1 aromatic heterocycles. The van der Waals surface area contributed by atoms with Crippen LogP contribution < -0.4 is 9.47 Å². The van der Waals surface area contributed by atoms with Crippen molar-refractivity contribution < 1.29 is 22.7 Å². The van der Waals surface area contributed by atoms with E-state index in [2.05, 4.69) is 0 Å². The van der Waals surface area contributed by atoms with E-state index in [1.165, 1.54) is 12.1 Å². The summed E-state index contributed by atoms with van der Waals surface area (Å²) in [6.07, 6.45) is 1.15. The number of Topliss-reactive ketones (excluding diaryl/α,β-unsaturated/α-hetero) is 1. The molecule has 3 aromatic rings. The van der Waals surface area contributed by atoms with E-state index < -0.39 is 9.84 Å². The molecule has 30 heavy (non-hydrogen) atoms. The third-order valence-electron chi connectivity index (χ3n) is 4.76. The van der Waals surface area contributed by atoms with E-state index in [0.29, 0.717) is 17.9 Å². The summed E-state index contributed by atoms with van der Waals surface area (Å²) >= 11 is 0. The van der Waals surface area contributed by atoms with Gasteiger partial charge in [0.25, 0.3) is 0 Å². The standard InChI is InChI=1S/C23H25NO5S/c1-5-28-19-8-6-18(7-9-19)24-16(2)14-22(17(24)3)23(25)15-29-20-10-12-21(13-11-20)30(4,26)27/h6-14H,5,15H2,1-4H3. The van der Waals surface area contributed by atoms with Crippen molar-refractivity contribution in [3.8, 4) is 17.2 Å². The molecule has 0 bridgehead atoms. The number of hydrogen-bond donors (Lipinski definition) is 0. The predicted molar refractivity (Wildman–Crippen MR) is 116 cm³/mol. The quantitative estimate of drug-likeness (QED) is 0.505. The fourth-order valence-corrected chi connectivity index (χ4v) is 3.94. The van der Waals surface area contributed by atoms with E-state index in [1.54, 1.807) is 12.1 Å². The molecule has 0 fully saturated rings. The van der Waals surface area contributed by atoms with Gasteiger partial charge in [0.05, 0.1) is 11.5 Å². The fourth-order valence-electron chi connectivity index (χ4n) is 3.31. The number of benzene rings is 2. The van der Waals surface area contributed by atoms with Crippen molar-refractivity contribution in [3.63, 3.8) is 0 Å². The smallest absolute Gasteiger partial charge is 0.202 e. The van der Waals surface area contributed by atoms with E-state index in [9.17, 15) is 13.2 Å². The Morgan fingerprint density at radius 3 is 2.07 bits per heavy atom. The summed E-state index contributed by atoms with van der Waals surface area (Å²) in [5.74, 6) is 1.10. The van der Waals surface area contributed by atoms with Gasteiger partial charge in [0.2, 0.25) is 5.78 Å². The highest BCUT2D eigenvalue weighted by molar-refractivity contribution is 7.90. The van der Waals surface area contributed by atoms with Gasteiger partial charge in [-0.1, -0.05) is 0 Å². The summed E-state index contributed by atoms with van der Waals surface area (Å²) in [5.41, 5.74) is 3.31. The van der Waals surface area contributed by atoms with Gasteiger partial charge in [-0.25, -0.2) is 8.42 Å². The Hall–Kier alpha value is -3.06. The SMILES string of the molecule is CCOc1ccc(-n2c(C)cc(C(=O)COc3ccc(S(C)(=O)=O)cc3)c2C)cc1. The molecule has 2 aromatic carbocycles. The number of aromatic nitrogens is 1. The van der Waals surface area contributed by atoms with Crippen LogP contribution in [0.25, 0.3) is 5.69 Å². The molecule has 0 unspecified atom stereocenters. The van der Waals surface area contributed by atoms with Gasteiger partial charge < -0.3 is 14.0 Å². The van der Waals surface area contributed by atoms with E-state index in [1.807, 2.05) is 55.7 Å². The summed E-state index contributed by atoms with van der Waals surface area (Å²) in [7, 11) is -3.27. The number of ketones is 1. The van der Waals surface area contributed by atoms with Crippen LogP contribution in [0.2, 0.25) is 0 Å². The average Bonchev–Trinajstić information content (AvgIpc) is 3.01. The van der Waals surface area contributed by atoms with Gasteiger partial charge in [0.1, 0.15) is 11.5 Å². The number of carbonyl (C=O) groups excluding carboxylic acids is 1. The molecular formula is C23H25NO5S. The molecule has 0 N–H and O–H groups in total.